The van der Waals surface area contributed by atoms with E-state index < -0.39 is 5.97 Å². The van der Waals surface area contributed by atoms with E-state index in [0.29, 0.717) is 11.3 Å². The Kier molecular flexibility index (Phi) is 3.32. The molecule has 5 heteroatoms. The topological polar surface area (TPSA) is 63.7 Å². The molecule has 5 aliphatic carbocycles. The number of esters is 1. The standard InChI is InChI=1S/C21H25NO4/c1-21(2)14-6-5-13(15(21)8-14)10-26-16(23)9-22-19(24)17-11-3-4-12(7-11)18(17)20(22)25/h3-5,11-12,14-15,17-18H,6-10H2,1-2H3/t11-,12-,14-,15-,17+,18+/m0/s1. The Bertz CT molecular complexity index is 734. The van der Waals surface area contributed by atoms with Crippen molar-refractivity contribution < 1.29 is 19.1 Å². The van der Waals surface area contributed by atoms with Crippen molar-refractivity contribution in [1.82, 2.24) is 4.90 Å². The van der Waals surface area contributed by atoms with Crippen molar-refractivity contribution >= 4 is 17.8 Å². The van der Waals surface area contributed by atoms with Crippen LogP contribution in [-0.2, 0) is 19.1 Å². The second kappa shape index (κ2) is 5.30. The van der Waals surface area contributed by atoms with Crippen molar-refractivity contribution in [3.05, 3.63) is 23.8 Å². The van der Waals surface area contributed by atoms with Gasteiger partial charge in [0.1, 0.15) is 13.2 Å². The van der Waals surface area contributed by atoms with Gasteiger partial charge in [0.05, 0.1) is 11.8 Å². The molecule has 26 heavy (non-hydrogen) atoms. The summed E-state index contributed by atoms with van der Waals surface area (Å²) in [6, 6.07) is 0. The van der Waals surface area contributed by atoms with Gasteiger partial charge in [-0.05, 0) is 53.9 Å². The number of ether oxygens (including phenoxy) is 1. The number of allylic oxidation sites excluding steroid dienone is 3. The molecule has 1 heterocycles. The van der Waals surface area contributed by atoms with Crippen LogP contribution in [0.3, 0.4) is 0 Å². The fourth-order valence-electron chi connectivity index (χ4n) is 6.10. The molecule has 0 radical (unpaired) electrons. The fourth-order valence-corrected chi connectivity index (χ4v) is 6.10. The minimum absolute atomic E-state index is 0.170. The first-order valence-electron chi connectivity index (χ1n) is 9.76. The largest absolute Gasteiger partial charge is 0.460 e. The molecule has 0 N–H and O–H groups in total. The molecule has 0 aromatic carbocycles. The van der Waals surface area contributed by atoms with Crippen molar-refractivity contribution in [2.24, 2.45) is 40.9 Å². The van der Waals surface area contributed by atoms with Crippen LogP contribution in [0.1, 0.15) is 33.1 Å². The molecule has 0 unspecified atom stereocenters. The van der Waals surface area contributed by atoms with Gasteiger partial charge in [-0.15, -0.1) is 0 Å². The van der Waals surface area contributed by atoms with E-state index in [0.717, 1.165) is 23.7 Å². The summed E-state index contributed by atoms with van der Waals surface area (Å²) in [5.41, 5.74) is 1.49. The van der Waals surface area contributed by atoms with Crippen molar-refractivity contribution in [3.8, 4) is 0 Å². The molecule has 4 bridgehead atoms. The third-order valence-electron chi connectivity index (χ3n) is 7.83. The number of rotatable bonds is 4. The summed E-state index contributed by atoms with van der Waals surface area (Å²) >= 11 is 0. The molecule has 3 fully saturated rings. The summed E-state index contributed by atoms with van der Waals surface area (Å²) in [5.74, 6) is 0.222. The molecule has 6 aliphatic rings. The maximum Gasteiger partial charge on any atom is 0.326 e. The Morgan fingerprint density at radius 2 is 1.81 bits per heavy atom. The van der Waals surface area contributed by atoms with Gasteiger partial charge in [-0.25, -0.2) is 0 Å². The SMILES string of the molecule is CC1(C)[C@H]2CC=C(COC(=O)CN3C(=O)[C@H]4[C@H](C3=O)[C@H]3C=C[C@H]4C3)[C@@H]1C2. The first-order chi connectivity index (χ1) is 12.4. The summed E-state index contributed by atoms with van der Waals surface area (Å²) in [6.45, 7) is 4.61. The van der Waals surface area contributed by atoms with Gasteiger partial charge in [-0.1, -0.05) is 32.1 Å². The quantitative estimate of drug-likeness (QED) is 0.441. The molecule has 0 aromatic rings. The van der Waals surface area contributed by atoms with Gasteiger partial charge in [-0.2, -0.15) is 0 Å². The molecule has 5 nitrogen and oxygen atoms in total. The molecule has 0 spiro atoms. The van der Waals surface area contributed by atoms with Crippen molar-refractivity contribution in [2.75, 3.05) is 13.2 Å². The lowest BCUT2D eigenvalue weighted by molar-refractivity contribution is -0.153. The Morgan fingerprint density at radius 3 is 2.38 bits per heavy atom. The molecular formula is C21H25NO4. The van der Waals surface area contributed by atoms with E-state index >= 15 is 0 Å². The van der Waals surface area contributed by atoms with Crippen LogP contribution in [0.5, 0.6) is 0 Å². The van der Waals surface area contributed by atoms with Crippen LogP contribution < -0.4 is 0 Å². The molecule has 6 atom stereocenters. The first-order valence-corrected chi connectivity index (χ1v) is 9.76. The highest BCUT2D eigenvalue weighted by atomic mass is 16.5. The smallest absolute Gasteiger partial charge is 0.326 e. The van der Waals surface area contributed by atoms with Crippen LogP contribution in [0.15, 0.2) is 23.8 Å². The van der Waals surface area contributed by atoms with Gasteiger partial charge in [0, 0.05) is 0 Å². The zero-order valence-corrected chi connectivity index (χ0v) is 15.3. The number of fused-ring (bicyclic) bond motifs is 6. The third kappa shape index (κ3) is 2.06. The lowest BCUT2D eigenvalue weighted by Gasteiger charge is -2.56. The second-order valence-electron chi connectivity index (χ2n) is 9.24. The van der Waals surface area contributed by atoms with Gasteiger partial charge in [-0.3, -0.25) is 19.3 Å². The number of nitrogens with zero attached hydrogens (tertiary/aromatic N) is 1. The van der Waals surface area contributed by atoms with Crippen LogP contribution in [0.4, 0.5) is 0 Å². The number of carbonyl (C=O) groups is 3. The average Bonchev–Trinajstić information content (AvgIpc) is 3.30. The maximum absolute atomic E-state index is 12.6. The van der Waals surface area contributed by atoms with Crippen molar-refractivity contribution in [1.29, 1.82) is 0 Å². The van der Waals surface area contributed by atoms with Crippen LogP contribution >= 0.6 is 0 Å². The van der Waals surface area contributed by atoms with Crippen LogP contribution in [0.25, 0.3) is 0 Å². The molecule has 2 amide bonds. The van der Waals surface area contributed by atoms with E-state index in [-0.39, 0.29) is 48.6 Å². The van der Waals surface area contributed by atoms with E-state index in [9.17, 15) is 14.4 Å². The second-order valence-corrected chi connectivity index (χ2v) is 9.24. The lowest BCUT2D eigenvalue weighted by atomic mass is 9.49. The van der Waals surface area contributed by atoms with Gasteiger partial charge in [0.15, 0.2) is 0 Å². The molecule has 1 aliphatic heterocycles. The summed E-state index contributed by atoms with van der Waals surface area (Å²) in [5, 5.41) is 0. The lowest BCUT2D eigenvalue weighted by Crippen LogP contribution is -2.49. The summed E-state index contributed by atoms with van der Waals surface area (Å²) in [6.07, 6.45) is 9.45. The minimum atomic E-state index is -0.480. The van der Waals surface area contributed by atoms with Crippen molar-refractivity contribution in [2.45, 2.75) is 33.1 Å². The maximum atomic E-state index is 12.6. The molecule has 0 aromatic heterocycles. The van der Waals surface area contributed by atoms with Gasteiger partial charge < -0.3 is 4.74 Å². The van der Waals surface area contributed by atoms with E-state index in [1.54, 1.807) is 0 Å². The van der Waals surface area contributed by atoms with E-state index in [4.69, 9.17) is 4.74 Å². The fraction of sp³-hybridized carbons (Fsp3) is 0.667. The van der Waals surface area contributed by atoms with Crippen LogP contribution in [-0.4, -0.2) is 35.8 Å². The highest BCUT2D eigenvalue weighted by Crippen LogP contribution is 2.59. The van der Waals surface area contributed by atoms with E-state index in [1.165, 1.54) is 12.0 Å². The number of carbonyl (C=O) groups excluding carboxylic acids is 3. The van der Waals surface area contributed by atoms with Gasteiger partial charge >= 0.3 is 5.97 Å². The van der Waals surface area contributed by atoms with E-state index in [1.807, 2.05) is 0 Å². The normalized spacial score (nSPS) is 41.2. The van der Waals surface area contributed by atoms with Crippen LogP contribution in [0.2, 0.25) is 0 Å². The molecular weight excluding hydrogens is 330 g/mol. The predicted molar refractivity (Wildman–Crippen MR) is 93.5 cm³/mol. The highest BCUT2D eigenvalue weighted by Gasteiger charge is 2.59. The molecule has 6 rings (SSSR count). The number of imide groups is 1. The third-order valence-corrected chi connectivity index (χ3v) is 7.83. The minimum Gasteiger partial charge on any atom is -0.460 e. The van der Waals surface area contributed by atoms with Gasteiger partial charge in [0.25, 0.3) is 0 Å². The molecule has 1 saturated heterocycles. The Morgan fingerprint density at radius 1 is 1.15 bits per heavy atom. The summed E-state index contributed by atoms with van der Waals surface area (Å²) in [4.78, 5) is 38.7. The Labute approximate surface area is 153 Å². The van der Waals surface area contributed by atoms with Crippen molar-refractivity contribution in [3.63, 3.8) is 0 Å². The zero-order chi connectivity index (χ0) is 18.2. The first kappa shape index (κ1) is 16.3. The monoisotopic (exact) mass is 355 g/mol. The number of hydrogen-bond acceptors (Lipinski definition) is 4. The number of likely N-dealkylation sites (tertiary alicyclic amines) is 1. The Balaban J connectivity index is 1.20. The predicted octanol–water partition coefficient (Wildman–Crippen LogP) is 2.33. The summed E-state index contributed by atoms with van der Waals surface area (Å²) in [7, 11) is 0. The van der Waals surface area contributed by atoms with E-state index in [2.05, 4.69) is 32.1 Å². The highest BCUT2D eigenvalue weighted by molar-refractivity contribution is 6.08. The number of hydrogen-bond donors (Lipinski definition) is 0. The Hall–Kier alpha value is -1.91. The molecule has 2 saturated carbocycles. The molecule has 138 valence electrons. The van der Waals surface area contributed by atoms with Gasteiger partial charge in [0.2, 0.25) is 11.8 Å². The number of amides is 2. The van der Waals surface area contributed by atoms with Crippen LogP contribution in [0, 0.1) is 40.9 Å². The average molecular weight is 355 g/mol. The summed E-state index contributed by atoms with van der Waals surface area (Å²) < 4.78 is 5.45. The zero-order valence-electron chi connectivity index (χ0n) is 15.3.